The molecule has 1 saturated heterocycles. The lowest BCUT2D eigenvalue weighted by molar-refractivity contribution is 0.0586. The lowest BCUT2D eigenvalue weighted by atomic mass is 10.2. The highest BCUT2D eigenvalue weighted by Crippen LogP contribution is 2.27. The molecular formula is C25H22F2N6O4. The number of hydrogen-bond acceptors (Lipinski definition) is 7. The van der Waals surface area contributed by atoms with Crippen LogP contribution in [0.4, 0.5) is 25.0 Å². The molecule has 12 heteroatoms. The monoisotopic (exact) mass is 508 g/mol. The number of carbonyl (C=O) groups excluding carboxylic acids is 2. The van der Waals surface area contributed by atoms with E-state index in [2.05, 4.69) is 29.9 Å². The maximum atomic E-state index is 13.9. The second-order valence-corrected chi connectivity index (χ2v) is 8.25. The minimum absolute atomic E-state index is 0.0535. The predicted octanol–water partition coefficient (Wildman–Crippen LogP) is 4.17. The van der Waals surface area contributed by atoms with Crippen LogP contribution in [0.25, 0.3) is 10.9 Å². The van der Waals surface area contributed by atoms with Gasteiger partial charge in [-0.1, -0.05) is 0 Å². The van der Waals surface area contributed by atoms with Gasteiger partial charge in [-0.3, -0.25) is 0 Å². The number of hydrogen-bond donors (Lipinski definition) is 2. The normalized spacial score (nSPS) is 13.5. The molecule has 0 aliphatic carbocycles. The van der Waals surface area contributed by atoms with Crippen molar-refractivity contribution >= 4 is 34.3 Å². The van der Waals surface area contributed by atoms with Gasteiger partial charge >= 0.3 is 12.0 Å². The highest BCUT2D eigenvalue weighted by molar-refractivity contribution is 6.01. The van der Waals surface area contributed by atoms with Gasteiger partial charge in [0.15, 0.2) is 5.75 Å². The molecule has 0 unspecified atom stereocenters. The number of rotatable bonds is 5. The number of piperazine rings is 1. The molecular weight excluding hydrogens is 486 g/mol. The Bertz CT molecular complexity index is 1430. The Morgan fingerprint density at radius 2 is 1.70 bits per heavy atom. The van der Waals surface area contributed by atoms with Crippen molar-refractivity contribution in [1.82, 2.24) is 19.9 Å². The van der Waals surface area contributed by atoms with Crippen molar-refractivity contribution in [3.8, 4) is 11.5 Å². The van der Waals surface area contributed by atoms with Gasteiger partial charge in [0.05, 0.1) is 30.7 Å². The number of aromatic nitrogens is 3. The number of ether oxygens (including phenoxy) is 2. The van der Waals surface area contributed by atoms with E-state index < -0.39 is 17.6 Å². The summed E-state index contributed by atoms with van der Waals surface area (Å²) in [4.78, 5) is 38.5. The molecule has 1 aliphatic heterocycles. The number of nitrogens with zero attached hydrogens (tertiary/aromatic N) is 4. The van der Waals surface area contributed by atoms with Gasteiger partial charge in [-0.15, -0.1) is 0 Å². The number of carbonyl (C=O) groups is 2. The van der Waals surface area contributed by atoms with E-state index in [1.165, 1.54) is 31.8 Å². The molecule has 10 nitrogen and oxygen atoms in total. The molecule has 1 aliphatic rings. The third-order valence-electron chi connectivity index (χ3n) is 5.95. The van der Waals surface area contributed by atoms with Crippen molar-refractivity contribution in [2.45, 2.75) is 0 Å². The van der Waals surface area contributed by atoms with Gasteiger partial charge in [0, 0.05) is 49.5 Å². The zero-order valence-corrected chi connectivity index (χ0v) is 19.7. The summed E-state index contributed by atoms with van der Waals surface area (Å²) in [6.07, 6.45) is 4.23. The largest absolute Gasteiger partial charge is 0.463 e. The van der Waals surface area contributed by atoms with Crippen LogP contribution in [0.5, 0.6) is 11.5 Å². The van der Waals surface area contributed by atoms with Gasteiger partial charge in [0.2, 0.25) is 5.82 Å². The Hall–Kier alpha value is -4.74. The molecule has 2 aromatic carbocycles. The van der Waals surface area contributed by atoms with E-state index in [-0.39, 0.29) is 22.8 Å². The number of methoxy groups -OCH3 is 1. The van der Waals surface area contributed by atoms with Gasteiger partial charge < -0.3 is 29.6 Å². The van der Waals surface area contributed by atoms with Gasteiger partial charge in [-0.2, -0.15) is 0 Å². The Morgan fingerprint density at radius 1 is 1.00 bits per heavy atom. The second kappa shape index (κ2) is 10.1. The van der Waals surface area contributed by atoms with E-state index in [4.69, 9.17) is 4.74 Å². The number of H-pyrrole nitrogens is 1. The highest BCUT2D eigenvalue weighted by Gasteiger charge is 2.22. The van der Waals surface area contributed by atoms with E-state index in [1.54, 1.807) is 17.0 Å². The summed E-state index contributed by atoms with van der Waals surface area (Å²) in [5, 5.41) is 3.01. The summed E-state index contributed by atoms with van der Waals surface area (Å²) in [7, 11) is 1.25. The molecule has 0 saturated carbocycles. The van der Waals surface area contributed by atoms with E-state index in [0.717, 1.165) is 11.8 Å². The molecule has 0 atom stereocenters. The molecule has 2 amide bonds. The Balaban J connectivity index is 1.16. The Kier molecular flexibility index (Phi) is 6.54. The molecule has 0 radical (unpaired) electrons. The predicted molar refractivity (Wildman–Crippen MR) is 131 cm³/mol. The van der Waals surface area contributed by atoms with Crippen LogP contribution < -0.4 is 15.0 Å². The fraction of sp³-hybridized carbons (Fsp3) is 0.200. The van der Waals surface area contributed by atoms with Gasteiger partial charge in [-0.05, 0) is 30.3 Å². The molecule has 0 bridgehead atoms. The summed E-state index contributed by atoms with van der Waals surface area (Å²) in [6.45, 7) is 2.15. The summed E-state index contributed by atoms with van der Waals surface area (Å²) in [5.41, 5.74) is 1.42. The minimum Gasteiger partial charge on any atom is -0.463 e. The number of fused-ring (bicyclic) bond motifs is 1. The Morgan fingerprint density at radius 3 is 2.38 bits per heavy atom. The molecule has 190 valence electrons. The molecule has 37 heavy (non-hydrogen) atoms. The first-order valence-corrected chi connectivity index (χ1v) is 11.4. The van der Waals surface area contributed by atoms with Crippen LogP contribution in [0.2, 0.25) is 0 Å². The first-order valence-electron chi connectivity index (χ1n) is 11.4. The Labute approximate surface area is 209 Å². The van der Waals surface area contributed by atoms with Gasteiger partial charge in [0.1, 0.15) is 17.4 Å². The maximum Gasteiger partial charge on any atom is 0.376 e. The third kappa shape index (κ3) is 5.13. The quantitative estimate of drug-likeness (QED) is 0.389. The SMILES string of the molecule is COC(=O)c1ncc(Oc2ccc(N3CCN(C(=O)Nc4c[nH]c5c(F)cc(F)cc45)CC3)cc2)cn1. The van der Waals surface area contributed by atoms with Gasteiger partial charge in [0.25, 0.3) is 0 Å². The number of nitrogens with one attached hydrogen (secondary N) is 2. The smallest absolute Gasteiger partial charge is 0.376 e. The molecule has 2 N–H and O–H groups in total. The number of urea groups is 1. The lowest BCUT2D eigenvalue weighted by Crippen LogP contribution is -2.50. The van der Waals surface area contributed by atoms with Crippen LogP contribution in [0.3, 0.4) is 0 Å². The first-order chi connectivity index (χ1) is 17.9. The third-order valence-corrected chi connectivity index (χ3v) is 5.95. The molecule has 3 heterocycles. The molecule has 1 fully saturated rings. The fourth-order valence-electron chi connectivity index (χ4n) is 4.05. The highest BCUT2D eigenvalue weighted by atomic mass is 19.1. The number of esters is 1. The minimum atomic E-state index is -0.717. The maximum absolute atomic E-state index is 13.9. The van der Waals surface area contributed by atoms with Crippen molar-refractivity contribution in [2.24, 2.45) is 0 Å². The summed E-state index contributed by atoms with van der Waals surface area (Å²) in [5.74, 6) is -1.16. The topological polar surface area (TPSA) is 113 Å². The molecule has 2 aromatic heterocycles. The lowest BCUT2D eigenvalue weighted by Gasteiger charge is -2.36. The molecule has 0 spiro atoms. The van der Waals surface area contributed by atoms with Crippen LogP contribution >= 0.6 is 0 Å². The van der Waals surface area contributed by atoms with Crippen molar-refractivity contribution < 1.29 is 27.8 Å². The number of amides is 2. The second-order valence-electron chi connectivity index (χ2n) is 8.25. The number of anilines is 2. The van der Waals surface area contributed by atoms with Crippen LogP contribution in [0.15, 0.2) is 55.0 Å². The van der Waals surface area contributed by atoms with E-state index >= 15 is 0 Å². The van der Waals surface area contributed by atoms with Crippen LogP contribution in [-0.4, -0.2) is 65.1 Å². The van der Waals surface area contributed by atoms with Crippen LogP contribution in [0, 0.1) is 11.6 Å². The van der Waals surface area contributed by atoms with Crippen molar-refractivity contribution in [3.05, 3.63) is 72.4 Å². The van der Waals surface area contributed by atoms with E-state index in [0.29, 0.717) is 43.4 Å². The number of halogens is 2. The molecule has 4 aromatic rings. The fourth-order valence-corrected chi connectivity index (χ4v) is 4.05. The van der Waals surface area contributed by atoms with Crippen molar-refractivity contribution in [3.63, 3.8) is 0 Å². The van der Waals surface area contributed by atoms with Crippen LogP contribution in [0.1, 0.15) is 10.6 Å². The number of aromatic amines is 1. The first kappa shape index (κ1) is 24.0. The summed E-state index contributed by atoms with van der Waals surface area (Å²) < 4.78 is 37.8. The van der Waals surface area contributed by atoms with Crippen molar-refractivity contribution in [2.75, 3.05) is 43.5 Å². The number of benzene rings is 2. The molecule has 5 rings (SSSR count). The van der Waals surface area contributed by atoms with E-state index in [1.807, 2.05) is 12.1 Å². The van der Waals surface area contributed by atoms with E-state index in [9.17, 15) is 18.4 Å². The summed E-state index contributed by atoms with van der Waals surface area (Å²) >= 11 is 0. The summed E-state index contributed by atoms with van der Waals surface area (Å²) in [6, 6.07) is 9.05. The average Bonchev–Trinajstić information content (AvgIpc) is 3.31. The average molecular weight is 508 g/mol. The van der Waals surface area contributed by atoms with Gasteiger partial charge in [-0.25, -0.2) is 28.3 Å². The van der Waals surface area contributed by atoms with Crippen molar-refractivity contribution in [1.29, 1.82) is 0 Å². The zero-order valence-electron chi connectivity index (χ0n) is 19.7. The zero-order chi connectivity index (χ0) is 25.9. The van der Waals surface area contributed by atoms with Crippen LogP contribution in [-0.2, 0) is 4.74 Å². The standard InChI is InChI=1S/C25H22F2N6O4/c1-36-24(34)23-29-12-18(13-30-23)37-17-4-2-16(3-5-17)32-6-8-33(9-7-32)25(35)31-21-14-28-22-19(21)10-15(26)11-20(22)27/h2-5,10-14,28H,6-9H2,1H3,(H,31,35).